The number of hydrogen-bond acceptors (Lipinski definition) is 3. The van der Waals surface area contributed by atoms with Gasteiger partial charge in [-0.05, 0) is 18.2 Å². The van der Waals surface area contributed by atoms with Crippen LogP contribution in [-0.4, -0.2) is 21.0 Å². The van der Waals surface area contributed by atoms with Gasteiger partial charge >= 0.3 is 12.1 Å². The van der Waals surface area contributed by atoms with Crippen LogP contribution in [0.4, 0.5) is 13.2 Å². The maximum atomic E-state index is 12.5. The highest BCUT2D eigenvalue weighted by Gasteiger charge is 2.31. The lowest BCUT2D eigenvalue weighted by Crippen LogP contribution is -2.08. The standard InChI is InChI=1S/C11H7F3N2O2S/c12-11(13,14)6-1-2-8(7(5-6)9(17)18)19-10-15-3-4-16-10/h1-5H,(H,15,16)(H,17,18). The molecule has 19 heavy (non-hydrogen) atoms. The summed E-state index contributed by atoms with van der Waals surface area (Å²) in [5, 5.41) is 9.38. The molecule has 100 valence electrons. The Balaban J connectivity index is 2.41. The Labute approximate surface area is 109 Å². The quantitative estimate of drug-likeness (QED) is 0.909. The number of imidazole rings is 1. The Hall–Kier alpha value is -1.96. The normalized spacial score (nSPS) is 11.5. The molecule has 0 radical (unpaired) electrons. The molecule has 0 aliphatic carbocycles. The van der Waals surface area contributed by atoms with Crippen LogP contribution in [0.3, 0.4) is 0 Å². The number of carboxylic acid groups (broad SMARTS) is 1. The van der Waals surface area contributed by atoms with Gasteiger partial charge in [0.2, 0.25) is 0 Å². The van der Waals surface area contributed by atoms with Crippen LogP contribution in [0.25, 0.3) is 0 Å². The van der Waals surface area contributed by atoms with E-state index in [4.69, 9.17) is 5.11 Å². The zero-order chi connectivity index (χ0) is 14.0. The van der Waals surface area contributed by atoms with Gasteiger partial charge in [0.05, 0.1) is 11.1 Å². The number of alkyl halides is 3. The first-order valence-corrected chi connectivity index (χ1v) is 5.81. The van der Waals surface area contributed by atoms with E-state index in [2.05, 4.69) is 9.97 Å². The van der Waals surface area contributed by atoms with E-state index < -0.39 is 23.3 Å². The summed E-state index contributed by atoms with van der Waals surface area (Å²) in [6.07, 6.45) is -1.57. The highest BCUT2D eigenvalue weighted by molar-refractivity contribution is 7.99. The van der Waals surface area contributed by atoms with Crippen LogP contribution in [0.2, 0.25) is 0 Å². The maximum absolute atomic E-state index is 12.5. The van der Waals surface area contributed by atoms with Gasteiger partial charge in [0, 0.05) is 17.3 Å². The number of aromatic nitrogens is 2. The summed E-state index contributed by atoms with van der Waals surface area (Å²) < 4.78 is 37.6. The predicted molar refractivity (Wildman–Crippen MR) is 61.1 cm³/mol. The number of rotatable bonds is 3. The van der Waals surface area contributed by atoms with Crippen molar-refractivity contribution in [2.24, 2.45) is 0 Å². The van der Waals surface area contributed by atoms with Gasteiger partial charge in [-0.15, -0.1) is 0 Å². The first-order chi connectivity index (χ1) is 8.88. The van der Waals surface area contributed by atoms with Gasteiger partial charge in [0.25, 0.3) is 0 Å². The number of benzene rings is 1. The van der Waals surface area contributed by atoms with E-state index >= 15 is 0 Å². The first kappa shape index (κ1) is 13.5. The molecule has 1 heterocycles. The Morgan fingerprint density at radius 3 is 2.63 bits per heavy atom. The molecule has 0 aliphatic heterocycles. The zero-order valence-corrected chi connectivity index (χ0v) is 10.0. The Morgan fingerprint density at radius 2 is 2.11 bits per heavy atom. The lowest BCUT2D eigenvalue weighted by Gasteiger charge is -2.10. The number of halogens is 3. The number of aromatic carboxylic acids is 1. The summed E-state index contributed by atoms with van der Waals surface area (Å²) in [4.78, 5) is 17.8. The van der Waals surface area contributed by atoms with Crippen molar-refractivity contribution in [3.05, 3.63) is 41.7 Å². The highest BCUT2D eigenvalue weighted by atomic mass is 32.2. The summed E-state index contributed by atoms with van der Waals surface area (Å²) in [5.41, 5.74) is -1.40. The van der Waals surface area contributed by atoms with Gasteiger partial charge in [0.15, 0.2) is 5.16 Å². The van der Waals surface area contributed by atoms with Crippen molar-refractivity contribution in [2.45, 2.75) is 16.2 Å². The van der Waals surface area contributed by atoms with Crippen molar-refractivity contribution < 1.29 is 23.1 Å². The molecule has 0 bridgehead atoms. The molecule has 0 saturated carbocycles. The molecule has 1 aromatic carbocycles. The second-order valence-electron chi connectivity index (χ2n) is 3.51. The van der Waals surface area contributed by atoms with E-state index in [1.54, 1.807) is 0 Å². The van der Waals surface area contributed by atoms with E-state index in [1.807, 2.05) is 0 Å². The topological polar surface area (TPSA) is 66.0 Å². The lowest BCUT2D eigenvalue weighted by atomic mass is 10.1. The average molecular weight is 288 g/mol. The van der Waals surface area contributed by atoms with Crippen LogP contribution >= 0.6 is 11.8 Å². The minimum Gasteiger partial charge on any atom is -0.478 e. The van der Waals surface area contributed by atoms with E-state index in [0.29, 0.717) is 11.2 Å². The molecule has 0 aliphatic rings. The molecule has 0 atom stereocenters. The van der Waals surface area contributed by atoms with Crippen LogP contribution in [0, 0.1) is 0 Å². The van der Waals surface area contributed by atoms with Gasteiger partial charge < -0.3 is 10.1 Å². The van der Waals surface area contributed by atoms with Crippen molar-refractivity contribution in [3.8, 4) is 0 Å². The Morgan fingerprint density at radius 1 is 1.37 bits per heavy atom. The van der Waals surface area contributed by atoms with E-state index in [0.717, 1.165) is 23.9 Å². The lowest BCUT2D eigenvalue weighted by molar-refractivity contribution is -0.137. The van der Waals surface area contributed by atoms with Crippen LogP contribution in [0.15, 0.2) is 40.6 Å². The van der Waals surface area contributed by atoms with Crippen molar-refractivity contribution >= 4 is 17.7 Å². The molecular formula is C11H7F3N2O2S. The minimum absolute atomic E-state index is 0.190. The van der Waals surface area contributed by atoms with Gasteiger partial charge in [-0.3, -0.25) is 0 Å². The van der Waals surface area contributed by atoms with Crippen molar-refractivity contribution in [2.75, 3.05) is 0 Å². The van der Waals surface area contributed by atoms with Crippen molar-refractivity contribution in [1.29, 1.82) is 0 Å². The molecule has 0 unspecified atom stereocenters. The predicted octanol–water partition coefficient (Wildman–Crippen LogP) is 3.28. The molecule has 0 fully saturated rings. The summed E-state index contributed by atoms with van der Waals surface area (Å²) in [6, 6.07) is 2.59. The number of carbonyl (C=O) groups is 1. The van der Waals surface area contributed by atoms with Crippen LogP contribution in [0.5, 0.6) is 0 Å². The minimum atomic E-state index is -4.57. The fourth-order valence-electron chi connectivity index (χ4n) is 1.37. The van der Waals surface area contributed by atoms with Gasteiger partial charge in [-0.2, -0.15) is 13.2 Å². The highest BCUT2D eigenvalue weighted by Crippen LogP contribution is 2.34. The third-order valence-corrected chi connectivity index (χ3v) is 3.21. The van der Waals surface area contributed by atoms with E-state index in [-0.39, 0.29) is 4.90 Å². The smallest absolute Gasteiger partial charge is 0.416 e. The molecule has 1 aromatic heterocycles. The second-order valence-corrected chi connectivity index (χ2v) is 4.54. The van der Waals surface area contributed by atoms with E-state index in [9.17, 15) is 18.0 Å². The number of H-pyrrole nitrogens is 1. The molecule has 0 spiro atoms. The summed E-state index contributed by atoms with van der Waals surface area (Å²) in [6.45, 7) is 0. The molecule has 0 saturated heterocycles. The maximum Gasteiger partial charge on any atom is 0.416 e. The van der Waals surface area contributed by atoms with Crippen molar-refractivity contribution in [3.63, 3.8) is 0 Å². The largest absolute Gasteiger partial charge is 0.478 e. The van der Waals surface area contributed by atoms with Crippen molar-refractivity contribution in [1.82, 2.24) is 9.97 Å². The third kappa shape index (κ3) is 3.08. The van der Waals surface area contributed by atoms with Crippen LogP contribution in [-0.2, 0) is 6.18 Å². The van der Waals surface area contributed by atoms with Gasteiger partial charge in [-0.1, -0.05) is 11.8 Å². The summed E-state index contributed by atoms with van der Waals surface area (Å²) >= 11 is 0.954. The first-order valence-electron chi connectivity index (χ1n) is 4.99. The third-order valence-electron chi connectivity index (χ3n) is 2.22. The van der Waals surface area contributed by atoms with Crippen LogP contribution in [0.1, 0.15) is 15.9 Å². The Kier molecular flexibility index (Phi) is 3.52. The second kappa shape index (κ2) is 4.96. The van der Waals surface area contributed by atoms with Gasteiger partial charge in [-0.25, -0.2) is 9.78 Å². The van der Waals surface area contributed by atoms with Crippen LogP contribution < -0.4 is 0 Å². The Bertz CT molecular complexity index is 596. The number of hydrogen-bond donors (Lipinski definition) is 2. The monoisotopic (exact) mass is 288 g/mol. The number of aromatic amines is 1. The number of carboxylic acids is 1. The fraction of sp³-hybridized carbons (Fsp3) is 0.0909. The van der Waals surface area contributed by atoms with E-state index in [1.165, 1.54) is 12.4 Å². The fourth-order valence-corrected chi connectivity index (χ4v) is 2.21. The molecule has 2 aromatic rings. The molecule has 2 rings (SSSR count). The SMILES string of the molecule is O=C(O)c1cc(C(F)(F)F)ccc1Sc1ncc[nH]1. The molecule has 4 nitrogen and oxygen atoms in total. The molecule has 8 heteroatoms. The van der Waals surface area contributed by atoms with Gasteiger partial charge in [0.1, 0.15) is 0 Å². The molecule has 2 N–H and O–H groups in total. The summed E-state index contributed by atoms with van der Waals surface area (Å²) in [5.74, 6) is -1.42. The average Bonchev–Trinajstić information content (AvgIpc) is 2.80. The number of nitrogens with one attached hydrogen (secondary N) is 1. The summed E-state index contributed by atoms with van der Waals surface area (Å²) in [7, 11) is 0. The molecule has 0 amide bonds. The molecular weight excluding hydrogens is 281 g/mol. The zero-order valence-electron chi connectivity index (χ0n) is 9.23. The number of nitrogens with zero attached hydrogens (tertiary/aromatic N) is 1.